The van der Waals surface area contributed by atoms with E-state index in [0.717, 1.165) is 56.3 Å². The fourth-order valence-electron chi connectivity index (χ4n) is 3.15. The molecule has 0 amide bonds. The first-order chi connectivity index (χ1) is 11.9. The van der Waals surface area contributed by atoms with Gasteiger partial charge in [0.05, 0.1) is 0 Å². The van der Waals surface area contributed by atoms with Crippen LogP contribution >= 0.6 is 15.9 Å². The fourth-order valence-corrected chi connectivity index (χ4v) is 3.53. The Morgan fingerprint density at radius 2 is 2.00 bits per heavy atom. The third-order valence-corrected chi connectivity index (χ3v) is 4.78. The maximum atomic E-state index is 12.8. The summed E-state index contributed by atoms with van der Waals surface area (Å²) in [5, 5.41) is 3.29. The van der Waals surface area contributed by atoms with Gasteiger partial charge in [0, 0.05) is 42.3 Å². The van der Waals surface area contributed by atoms with Gasteiger partial charge in [-0.1, -0.05) is 28.4 Å². The van der Waals surface area contributed by atoms with E-state index in [0.29, 0.717) is 5.56 Å². The van der Waals surface area contributed by atoms with Gasteiger partial charge in [0.25, 0.3) is 0 Å². The number of alkyl halides is 3. The second kappa shape index (κ2) is 9.59. The van der Waals surface area contributed by atoms with Gasteiger partial charge in [-0.2, -0.15) is 0 Å². The summed E-state index contributed by atoms with van der Waals surface area (Å²) in [6, 6.07) is 4.63. The molecule has 0 aliphatic carbocycles. The van der Waals surface area contributed by atoms with Crippen molar-refractivity contribution >= 4 is 15.9 Å². The normalized spacial score (nSPS) is 17.3. The van der Waals surface area contributed by atoms with Crippen LogP contribution in [0.25, 0.3) is 0 Å². The smallest absolute Gasteiger partial charge is 0.405 e. The minimum Gasteiger partial charge on any atom is -0.405 e. The molecule has 0 unspecified atom stereocenters. The average molecular weight is 421 g/mol. The average Bonchev–Trinajstić information content (AvgIpc) is 2.56. The maximum Gasteiger partial charge on any atom is 0.573 e. The molecule has 0 bridgehead atoms. The predicted molar refractivity (Wildman–Crippen MR) is 96.7 cm³/mol. The van der Waals surface area contributed by atoms with Gasteiger partial charge < -0.3 is 10.1 Å². The van der Waals surface area contributed by atoms with Crippen LogP contribution in [-0.2, 0) is 0 Å². The first-order valence-electron chi connectivity index (χ1n) is 8.51. The van der Waals surface area contributed by atoms with Gasteiger partial charge >= 0.3 is 6.36 Å². The summed E-state index contributed by atoms with van der Waals surface area (Å²) >= 11 is 3.38. The number of rotatable bonds is 8. The van der Waals surface area contributed by atoms with Gasteiger partial charge in [-0.3, -0.25) is 4.90 Å². The highest BCUT2D eigenvalue weighted by molar-refractivity contribution is 9.10. The van der Waals surface area contributed by atoms with E-state index >= 15 is 0 Å². The van der Waals surface area contributed by atoms with Crippen molar-refractivity contribution in [3.05, 3.63) is 40.9 Å². The third-order valence-electron chi connectivity index (χ3n) is 4.28. The third kappa shape index (κ3) is 6.64. The molecule has 1 aromatic carbocycles. The van der Waals surface area contributed by atoms with Gasteiger partial charge in [-0.25, -0.2) is 0 Å². The fraction of sp³-hybridized carbons (Fsp3) is 0.556. The van der Waals surface area contributed by atoms with Crippen LogP contribution in [0.1, 0.15) is 37.3 Å². The van der Waals surface area contributed by atoms with E-state index in [1.54, 1.807) is 12.1 Å². The van der Waals surface area contributed by atoms with Crippen LogP contribution in [0.2, 0.25) is 0 Å². The van der Waals surface area contributed by atoms with E-state index in [4.69, 9.17) is 0 Å². The molecule has 1 saturated heterocycles. The Morgan fingerprint density at radius 3 is 2.64 bits per heavy atom. The molecule has 1 fully saturated rings. The molecule has 1 aromatic rings. The van der Waals surface area contributed by atoms with Gasteiger partial charge in [-0.05, 0) is 37.5 Å². The van der Waals surface area contributed by atoms with Crippen molar-refractivity contribution < 1.29 is 17.9 Å². The van der Waals surface area contributed by atoms with Gasteiger partial charge in [0.2, 0.25) is 0 Å². The van der Waals surface area contributed by atoms with Crippen molar-refractivity contribution in [3.63, 3.8) is 0 Å². The molecule has 140 valence electrons. The number of hydrogen-bond donors (Lipinski definition) is 1. The Bertz CT molecular complexity index is 560. The SMILES string of the molecule is C=CCCCC[C@@H](c1cc(Br)ccc1OC(F)(F)F)N1CCNCC1. The number of allylic oxidation sites excluding steroid dienone is 1. The number of hydrogen-bond acceptors (Lipinski definition) is 3. The molecule has 2 rings (SSSR count). The number of ether oxygens (including phenoxy) is 1. The number of piperazine rings is 1. The molecule has 1 N–H and O–H groups in total. The zero-order valence-corrected chi connectivity index (χ0v) is 15.7. The van der Waals surface area contributed by atoms with Crippen molar-refractivity contribution in [1.82, 2.24) is 10.2 Å². The molecule has 0 saturated carbocycles. The quantitative estimate of drug-likeness (QED) is 0.470. The van der Waals surface area contributed by atoms with E-state index in [-0.39, 0.29) is 11.8 Å². The second-order valence-corrected chi connectivity index (χ2v) is 7.02. The standard InChI is InChI=1S/C18H24BrF3N2O/c1-2-3-4-5-6-16(24-11-9-23-10-12-24)15-13-14(19)7-8-17(15)25-18(20,21)22/h2,7-8,13,16,23H,1,3-6,9-12H2/t16-/m0/s1. The van der Waals surface area contributed by atoms with Crippen molar-refractivity contribution in [3.8, 4) is 5.75 Å². The summed E-state index contributed by atoms with van der Waals surface area (Å²) in [4.78, 5) is 2.25. The van der Waals surface area contributed by atoms with Crippen molar-refractivity contribution in [2.75, 3.05) is 26.2 Å². The Kier molecular flexibility index (Phi) is 7.78. The summed E-state index contributed by atoms with van der Waals surface area (Å²) in [5.41, 5.74) is 0.590. The van der Waals surface area contributed by atoms with Gasteiger partial charge in [-0.15, -0.1) is 19.8 Å². The summed E-state index contributed by atoms with van der Waals surface area (Å²) in [5.74, 6) is -0.108. The predicted octanol–water partition coefficient (Wildman–Crippen LogP) is 5.04. The molecule has 25 heavy (non-hydrogen) atoms. The molecule has 0 spiro atoms. The van der Waals surface area contributed by atoms with Crippen LogP contribution in [0.3, 0.4) is 0 Å². The van der Waals surface area contributed by atoms with E-state index in [9.17, 15) is 13.2 Å². The molecule has 1 heterocycles. The lowest BCUT2D eigenvalue weighted by Gasteiger charge is -2.36. The molecule has 1 atom stereocenters. The number of nitrogens with one attached hydrogen (secondary N) is 1. The molecule has 3 nitrogen and oxygen atoms in total. The summed E-state index contributed by atoms with van der Waals surface area (Å²) in [7, 11) is 0. The van der Waals surface area contributed by atoms with Crippen molar-refractivity contribution in [2.45, 2.75) is 38.1 Å². The van der Waals surface area contributed by atoms with E-state index in [1.165, 1.54) is 6.07 Å². The Balaban J connectivity index is 2.27. The first-order valence-corrected chi connectivity index (χ1v) is 9.31. The van der Waals surface area contributed by atoms with Crippen LogP contribution in [0.5, 0.6) is 5.75 Å². The highest BCUT2D eigenvalue weighted by Crippen LogP contribution is 2.37. The molecule has 0 aromatic heterocycles. The van der Waals surface area contributed by atoms with Crippen LogP contribution < -0.4 is 10.1 Å². The Morgan fingerprint density at radius 1 is 1.28 bits per heavy atom. The summed E-state index contributed by atoms with van der Waals surface area (Å²) in [6.45, 7) is 7.02. The molecular weight excluding hydrogens is 397 g/mol. The number of nitrogens with zero attached hydrogens (tertiary/aromatic N) is 1. The largest absolute Gasteiger partial charge is 0.573 e. The number of benzene rings is 1. The first kappa shape index (κ1) is 20.3. The van der Waals surface area contributed by atoms with Crippen molar-refractivity contribution in [1.29, 1.82) is 0 Å². The summed E-state index contributed by atoms with van der Waals surface area (Å²) < 4.78 is 43.5. The molecule has 0 radical (unpaired) electrons. The highest BCUT2D eigenvalue weighted by Gasteiger charge is 2.34. The number of unbranched alkanes of at least 4 members (excludes halogenated alkanes) is 2. The minimum atomic E-state index is -4.70. The van der Waals surface area contributed by atoms with Crippen LogP contribution in [0.15, 0.2) is 35.3 Å². The van der Waals surface area contributed by atoms with E-state index in [1.807, 2.05) is 6.08 Å². The number of halogens is 4. The van der Waals surface area contributed by atoms with E-state index < -0.39 is 6.36 Å². The van der Waals surface area contributed by atoms with Crippen LogP contribution in [0.4, 0.5) is 13.2 Å². The zero-order valence-electron chi connectivity index (χ0n) is 14.1. The molecular formula is C18H24BrF3N2O. The Labute approximate surface area is 155 Å². The highest BCUT2D eigenvalue weighted by atomic mass is 79.9. The lowest BCUT2D eigenvalue weighted by Crippen LogP contribution is -2.45. The molecule has 7 heteroatoms. The van der Waals surface area contributed by atoms with Gasteiger partial charge in [0.1, 0.15) is 5.75 Å². The topological polar surface area (TPSA) is 24.5 Å². The summed E-state index contributed by atoms with van der Waals surface area (Å²) in [6.07, 6.45) is 0.794. The lowest BCUT2D eigenvalue weighted by molar-refractivity contribution is -0.275. The Hall–Kier alpha value is -1.05. The second-order valence-electron chi connectivity index (χ2n) is 6.10. The molecule has 1 aliphatic rings. The van der Waals surface area contributed by atoms with Crippen molar-refractivity contribution in [2.24, 2.45) is 0 Å². The molecule has 1 aliphatic heterocycles. The van der Waals surface area contributed by atoms with E-state index in [2.05, 4.69) is 37.5 Å². The van der Waals surface area contributed by atoms with Gasteiger partial charge in [0.15, 0.2) is 0 Å². The van der Waals surface area contributed by atoms with Crippen LogP contribution in [-0.4, -0.2) is 37.4 Å². The van der Waals surface area contributed by atoms with Crippen LogP contribution in [0, 0.1) is 0 Å². The lowest BCUT2D eigenvalue weighted by atomic mass is 9.97. The zero-order chi connectivity index (χ0) is 18.3. The maximum absolute atomic E-state index is 12.8. The monoisotopic (exact) mass is 420 g/mol. The minimum absolute atomic E-state index is 0.0956.